The summed E-state index contributed by atoms with van der Waals surface area (Å²) < 4.78 is 1.06. The molecule has 18 heavy (non-hydrogen) atoms. The largest absolute Gasteiger partial charge is 0.327 e. The number of hydrogen-bond acceptors (Lipinski definition) is 2. The van der Waals surface area contributed by atoms with Crippen LogP contribution in [0.4, 0.5) is 0 Å². The molecule has 0 heterocycles. The van der Waals surface area contributed by atoms with Crippen LogP contribution in [0.5, 0.6) is 0 Å². The van der Waals surface area contributed by atoms with Crippen LogP contribution in [0, 0.1) is 5.92 Å². The summed E-state index contributed by atoms with van der Waals surface area (Å²) >= 11 is 9.47. The van der Waals surface area contributed by atoms with Crippen LogP contribution < -0.4 is 5.73 Å². The van der Waals surface area contributed by atoms with Gasteiger partial charge in [-0.3, -0.25) is 0 Å². The van der Waals surface area contributed by atoms with Crippen molar-refractivity contribution >= 4 is 27.5 Å². The van der Waals surface area contributed by atoms with Gasteiger partial charge in [-0.2, -0.15) is 0 Å². The van der Waals surface area contributed by atoms with E-state index >= 15 is 0 Å². The number of hydrogen-bond donors (Lipinski definition) is 1. The summed E-state index contributed by atoms with van der Waals surface area (Å²) in [5.41, 5.74) is 7.30. The zero-order valence-corrected chi connectivity index (χ0v) is 13.6. The van der Waals surface area contributed by atoms with Gasteiger partial charge in [0, 0.05) is 22.1 Å². The van der Waals surface area contributed by atoms with E-state index in [4.69, 9.17) is 17.3 Å². The van der Waals surface area contributed by atoms with Gasteiger partial charge in [-0.1, -0.05) is 47.4 Å². The van der Waals surface area contributed by atoms with Crippen molar-refractivity contribution in [2.24, 2.45) is 11.7 Å². The fourth-order valence-electron chi connectivity index (χ4n) is 1.72. The van der Waals surface area contributed by atoms with Gasteiger partial charge in [0.15, 0.2) is 0 Å². The molecule has 0 saturated carbocycles. The smallest absolute Gasteiger partial charge is 0.0417 e. The summed E-state index contributed by atoms with van der Waals surface area (Å²) in [6.45, 7) is 6.25. The molecule has 2 N–H and O–H groups in total. The maximum atomic E-state index is 6.05. The molecule has 2 nitrogen and oxygen atoms in total. The number of benzene rings is 1. The van der Waals surface area contributed by atoms with Crippen LogP contribution in [-0.4, -0.2) is 24.5 Å². The molecule has 1 rings (SSSR count). The highest BCUT2D eigenvalue weighted by molar-refractivity contribution is 9.10. The summed E-state index contributed by atoms with van der Waals surface area (Å²) in [6, 6.07) is 6.20. The Morgan fingerprint density at radius 2 is 2.06 bits per heavy atom. The Hall–Kier alpha value is -0.0900. The summed E-state index contributed by atoms with van der Waals surface area (Å²) in [5.74, 6) is 0.542. The van der Waals surface area contributed by atoms with E-state index in [1.165, 1.54) is 5.56 Å². The van der Waals surface area contributed by atoms with Crippen molar-refractivity contribution in [3.63, 3.8) is 0 Å². The van der Waals surface area contributed by atoms with Gasteiger partial charge >= 0.3 is 0 Å². The van der Waals surface area contributed by atoms with Gasteiger partial charge in [0.1, 0.15) is 0 Å². The van der Waals surface area contributed by atoms with Crippen LogP contribution in [-0.2, 0) is 6.54 Å². The van der Waals surface area contributed by atoms with Gasteiger partial charge < -0.3 is 10.6 Å². The molecule has 4 heteroatoms. The van der Waals surface area contributed by atoms with E-state index < -0.39 is 0 Å². The standard InChI is InChI=1S/C14H22BrClN2/c1-10(2)14(17)6-7-18(3)9-11-4-5-12(16)8-13(11)15/h4-5,8,10,14H,6-7,9,17H2,1-3H3. The Kier molecular flexibility index (Phi) is 6.64. The first-order valence-electron chi connectivity index (χ1n) is 6.28. The second kappa shape index (κ2) is 7.49. The van der Waals surface area contributed by atoms with Crippen molar-refractivity contribution < 1.29 is 0 Å². The Labute approximate surface area is 124 Å². The third-order valence-electron chi connectivity index (χ3n) is 3.16. The molecule has 0 radical (unpaired) electrons. The van der Waals surface area contributed by atoms with Crippen molar-refractivity contribution in [1.29, 1.82) is 0 Å². The first-order valence-corrected chi connectivity index (χ1v) is 7.45. The first-order chi connectivity index (χ1) is 8.40. The predicted octanol–water partition coefficient (Wildman–Crippen LogP) is 3.91. The molecular formula is C14H22BrClN2. The molecule has 0 bridgehead atoms. The molecule has 0 aliphatic carbocycles. The highest BCUT2D eigenvalue weighted by Gasteiger charge is 2.10. The Morgan fingerprint density at radius 1 is 1.39 bits per heavy atom. The van der Waals surface area contributed by atoms with E-state index in [-0.39, 0.29) is 6.04 Å². The molecule has 0 aromatic heterocycles. The predicted molar refractivity (Wildman–Crippen MR) is 82.9 cm³/mol. The van der Waals surface area contributed by atoms with Crippen molar-refractivity contribution in [3.05, 3.63) is 33.3 Å². The third kappa shape index (κ3) is 5.27. The van der Waals surface area contributed by atoms with Gasteiger partial charge in [0.25, 0.3) is 0 Å². The van der Waals surface area contributed by atoms with E-state index in [9.17, 15) is 0 Å². The lowest BCUT2D eigenvalue weighted by molar-refractivity contribution is 0.296. The molecule has 1 aromatic rings. The molecule has 0 aliphatic heterocycles. The number of nitrogens with zero attached hydrogens (tertiary/aromatic N) is 1. The minimum absolute atomic E-state index is 0.279. The van der Waals surface area contributed by atoms with Crippen LogP contribution in [0.15, 0.2) is 22.7 Å². The van der Waals surface area contributed by atoms with E-state index in [0.717, 1.165) is 29.0 Å². The molecule has 0 saturated heterocycles. The average molecular weight is 334 g/mol. The van der Waals surface area contributed by atoms with E-state index in [2.05, 4.69) is 47.8 Å². The fourth-order valence-corrected chi connectivity index (χ4v) is 2.53. The van der Waals surface area contributed by atoms with Crippen molar-refractivity contribution in [3.8, 4) is 0 Å². The molecule has 1 atom stereocenters. The lowest BCUT2D eigenvalue weighted by Gasteiger charge is -2.21. The molecule has 0 aliphatic rings. The second-order valence-electron chi connectivity index (χ2n) is 5.17. The summed E-state index contributed by atoms with van der Waals surface area (Å²) in [5, 5.41) is 0.759. The molecule has 1 aromatic carbocycles. The monoisotopic (exact) mass is 332 g/mol. The van der Waals surface area contributed by atoms with Gasteiger partial charge in [0.2, 0.25) is 0 Å². The summed E-state index contributed by atoms with van der Waals surface area (Å²) in [6.07, 6.45) is 1.03. The molecule has 1 unspecified atom stereocenters. The Morgan fingerprint density at radius 3 is 2.61 bits per heavy atom. The van der Waals surface area contributed by atoms with Crippen LogP contribution >= 0.6 is 27.5 Å². The van der Waals surface area contributed by atoms with E-state index in [0.29, 0.717) is 5.92 Å². The van der Waals surface area contributed by atoms with Crippen molar-refractivity contribution in [2.45, 2.75) is 32.9 Å². The van der Waals surface area contributed by atoms with Crippen LogP contribution in [0.3, 0.4) is 0 Å². The third-order valence-corrected chi connectivity index (χ3v) is 4.13. The number of halogens is 2. The SMILES string of the molecule is CC(C)C(N)CCN(C)Cc1ccc(Cl)cc1Br. The maximum absolute atomic E-state index is 6.05. The van der Waals surface area contributed by atoms with Crippen LogP contribution in [0.2, 0.25) is 5.02 Å². The quantitative estimate of drug-likeness (QED) is 0.855. The van der Waals surface area contributed by atoms with Gasteiger partial charge in [-0.25, -0.2) is 0 Å². The zero-order chi connectivity index (χ0) is 13.7. The van der Waals surface area contributed by atoms with Gasteiger partial charge in [0.05, 0.1) is 0 Å². The summed E-state index contributed by atoms with van der Waals surface area (Å²) in [7, 11) is 2.12. The minimum Gasteiger partial charge on any atom is -0.327 e. The number of nitrogens with two attached hydrogens (primary N) is 1. The zero-order valence-electron chi connectivity index (χ0n) is 11.3. The summed E-state index contributed by atoms with van der Waals surface area (Å²) in [4.78, 5) is 2.29. The normalized spacial score (nSPS) is 13.3. The first kappa shape index (κ1) is 16.0. The Balaban J connectivity index is 2.47. The Bertz CT molecular complexity index is 382. The van der Waals surface area contributed by atoms with Gasteiger partial charge in [-0.05, 0) is 43.6 Å². The van der Waals surface area contributed by atoms with E-state index in [1.807, 2.05) is 12.1 Å². The molecular weight excluding hydrogens is 312 g/mol. The van der Waals surface area contributed by atoms with Gasteiger partial charge in [-0.15, -0.1) is 0 Å². The highest BCUT2D eigenvalue weighted by atomic mass is 79.9. The fraction of sp³-hybridized carbons (Fsp3) is 0.571. The lowest BCUT2D eigenvalue weighted by atomic mass is 10.0. The molecule has 0 amide bonds. The average Bonchev–Trinajstić information content (AvgIpc) is 2.29. The van der Waals surface area contributed by atoms with Crippen molar-refractivity contribution in [1.82, 2.24) is 4.90 Å². The number of rotatable bonds is 6. The van der Waals surface area contributed by atoms with Crippen LogP contribution in [0.1, 0.15) is 25.8 Å². The minimum atomic E-state index is 0.279. The topological polar surface area (TPSA) is 29.3 Å². The highest BCUT2D eigenvalue weighted by Crippen LogP contribution is 2.22. The molecule has 102 valence electrons. The maximum Gasteiger partial charge on any atom is 0.0417 e. The second-order valence-corrected chi connectivity index (χ2v) is 6.46. The van der Waals surface area contributed by atoms with Crippen LogP contribution in [0.25, 0.3) is 0 Å². The van der Waals surface area contributed by atoms with E-state index in [1.54, 1.807) is 0 Å². The lowest BCUT2D eigenvalue weighted by Crippen LogP contribution is -2.31. The van der Waals surface area contributed by atoms with Crippen molar-refractivity contribution in [2.75, 3.05) is 13.6 Å². The molecule has 0 fully saturated rings. The molecule has 0 spiro atoms.